The van der Waals surface area contributed by atoms with Crippen LogP contribution in [-0.2, 0) is 0 Å². The van der Waals surface area contributed by atoms with Gasteiger partial charge < -0.3 is 9.88 Å². The number of imidazole rings is 1. The molecule has 0 spiro atoms. The Morgan fingerprint density at radius 1 is 1.44 bits per heavy atom. The zero-order valence-electron chi connectivity index (χ0n) is 9.95. The number of hydrogen-bond acceptors (Lipinski definition) is 2. The predicted octanol–water partition coefficient (Wildman–Crippen LogP) is 4.53. The van der Waals surface area contributed by atoms with Gasteiger partial charge >= 0.3 is 0 Å². The molecule has 0 aliphatic heterocycles. The van der Waals surface area contributed by atoms with Gasteiger partial charge in [0.2, 0.25) is 5.95 Å². The van der Waals surface area contributed by atoms with E-state index in [0.717, 1.165) is 25.9 Å². The summed E-state index contributed by atoms with van der Waals surface area (Å²) in [6.45, 7) is 2.01. The molecule has 1 heterocycles. The van der Waals surface area contributed by atoms with Gasteiger partial charge in [0.1, 0.15) is 0 Å². The fourth-order valence-electron chi connectivity index (χ4n) is 1.95. The van der Waals surface area contributed by atoms with Gasteiger partial charge in [-0.05, 0) is 60.6 Å². The summed E-state index contributed by atoms with van der Waals surface area (Å²) in [5.41, 5.74) is 1.95. The van der Waals surface area contributed by atoms with Gasteiger partial charge in [-0.1, -0.05) is 11.6 Å². The van der Waals surface area contributed by atoms with Crippen LogP contribution in [0.5, 0.6) is 0 Å². The van der Waals surface area contributed by atoms with Crippen molar-refractivity contribution in [2.75, 3.05) is 5.32 Å². The minimum atomic E-state index is 0.607. The third-order valence-corrected chi connectivity index (χ3v) is 3.97. The Labute approximate surface area is 125 Å². The first-order valence-corrected chi connectivity index (χ1v) is 7.37. The standard InChI is InChI=1S/C13H13ClIN3/c1-8-7-18(10-3-4-10)13(16-8)17-12-6-9(15)2-5-11(12)14/h2,5-7,10H,3-4H2,1H3,(H,16,17). The molecule has 0 unspecified atom stereocenters. The van der Waals surface area contributed by atoms with Crippen LogP contribution in [0.3, 0.4) is 0 Å². The molecule has 1 aromatic heterocycles. The average Bonchev–Trinajstić information content (AvgIpc) is 3.09. The second kappa shape index (κ2) is 4.74. The van der Waals surface area contributed by atoms with Crippen molar-refractivity contribution in [3.63, 3.8) is 0 Å². The molecule has 2 aromatic rings. The number of nitrogens with one attached hydrogen (secondary N) is 1. The lowest BCUT2D eigenvalue weighted by molar-refractivity contribution is 0.750. The largest absolute Gasteiger partial charge is 0.324 e. The maximum Gasteiger partial charge on any atom is 0.207 e. The zero-order valence-corrected chi connectivity index (χ0v) is 12.9. The minimum absolute atomic E-state index is 0.607. The number of nitrogens with zero attached hydrogens (tertiary/aromatic N) is 2. The molecule has 1 aromatic carbocycles. The van der Waals surface area contributed by atoms with E-state index in [4.69, 9.17) is 11.6 Å². The molecule has 1 N–H and O–H groups in total. The van der Waals surface area contributed by atoms with Crippen molar-refractivity contribution in [2.24, 2.45) is 0 Å². The Morgan fingerprint density at radius 3 is 2.94 bits per heavy atom. The van der Waals surface area contributed by atoms with Crippen molar-refractivity contribution in [3.8, 4) is 0 Å². The van der Waals surface area contributed by atoms with E-state index in [1.165, 1.54) is 12.8 Å². The Bertz CT molecular complexity index is 590. The molecule has 5 heteroatoms. The summed E-state index contributed by atoms with van der Waals surface area (Å²) in [6.07, 6.45) is 4.58. The van der Waals surface area contributed by atoms with E-state index in [9.17, 15) is 0 Å². The van der Waals surface area contributed by atoms with E-state index in [0.29, 0.717) is 6.04 Å². The fraction of sp³-hybridized carbons (Fsp3) is 0.308. The van der Waals surface area contributed by atoms with E-state index < -0.39 is 0 Å². The van der Waals surface area contributed by atoms with Gasteiger partial charge in [-0.25, -0.2) is 4.98 Å². The van der Waals surface area contributed by atoms with Crippen molar-refractivity contribution >= 4 is 45.8 Å². The van der Waals surface area contributed by atoms with Gasteiger partial charge in [-0.2, -0.15) is 0 Å². The first kappa shape index (κ1) is 12.3. The van der Waals surface area contributed by atoms with Crippen LogP contribution >= 0.6 is 34.2 Å². The normalized spacial score (nSPS) is 14.8. The van der Waals surface area contributed by atoms with E-state index >= 15 is 0 Å². The van der Waals surface area contributed by atoms with Crippen molar-refractivity contribution < 1.29 is 0 Å². The number of aromatic nitrogens is 2. The first-order chi connectivity index (χ1) is 8.63. The number of benzene rings is 1. The second-order valence-corrected chi connectivity index (χ2v) is 6.25. The smallest absolute Gasteiger partial charge is 0.207 e. The van der Waals surface area contributed by atoms with Gasteiger partial charge in [0.15, 0.2) is 0 Å². The third kappa shape index (κ3) is 2.49. The highest BCUT2D eigenvalue weighted by Gasteiger charge is 2.26. The van der Waals surface area contributed by atoms with Gasteiger partial charge in [-0.3, -0.25) is 0 Å². The first-order valence-electron chi connectivity index (χ1n) is 5.91. The Kier molecular flexibility index (Phi) is 3.23. The van der Waals surface area contributed by atoms with Crippen LogP contribution < -0.4 is 5.32 Å². The van der Waals surface area contributed by atoms with Gasteiger partial charge in [-0.15, -0.1) is 0 Å². The number of halogens is 2. The highest BCUT2D eigenvalue weighted by atomic mass is 127. The molecule has 18 heavy (non-hydrogen) atoms. The predicted molar refractivity (Wildman–Crippen MR) is 82.7 cm³/mol. The van der Waals surface area contributed by atoms with Crippen LogP contribution in [0.15, 0.2) is 24.4 Å². The van der Waals surface area contributed by atoms with E-state index in [1.807, 2.05) is 25.1 Å². The molecule has 0 saturated heterocycles. The molecule has 94 valence electrons. The maximum atomic E-state index is 6.20. The van der Waals surface area contributed by atoms with Gasteiger partial charge in [0.25, 0.3) is 0 Å². The van der Waals surface area contributed by atoms with Gasteiger partial charge in [0, 0.05) is 15.8 Å². The lowest BCUT2D eigenvalue weighted by Gasteiger charge is -2.10. The number of hydrogen-bond donors (Lipinski definition) is 1. The Morgan fingerprint density at radius 2 is 2.22 bits per heavy atom. The molecule has 0 radical (unpaired) electrons. The fourth-order valence-corrected chi connectivity index (χ4v) is 2.61. The summed E-state index contributed by atoms with van der Waals surface area (Å²) in [7, 11) is 0. The Hall–Kier alpha value is -0.750. The van der Waals surface area contributed by atoms with Crippen LogP contribution in [0.1, 0.15) is 24.6 Å². The lowest BCUT2D eigenvalue weighted by Crippen LogP contribution is -2.01. The summed E-state index contributed by atoms with van der Waals surface area (Å²) in [6, 6.07) is 6.54. The number of anilines is 2. The molecule has 0 bridgehead atoms. The van der Waals surface area contributed by atoms with Crippen LogP contribution in [0.25, 0.3) is 0 Å². The maximum absolute atomic E-state index is 6.20. The van der Waals surface area contributed by atoms with Crippen LogP contribution in [0, 0.1) is 10.5 Å². The molecule has 1 fully saturated rings. The van der Waals surface area contributed by atoms with E-state index in [1.54, 1.807) is 0 Å². The number of rotatable bonds is 3. The van der Waals surface area contributed by atoms with Crippen molar-refractivity contribution in [1.29, 1.82) is 0 Å². The Balaban J connectivity index is 1.94. The van der Waals surface area contributed by atoms with Crippen LogP contribution in [0.2, 0.25) is 5.02 Å². The van der Waals surface area contributed by atoms with Crippen molar-refractivity contribution in [2.45, 2.75) is 25.8 Å². The molecule has 3 nitrogen and oxygen atoms in total. The van der Waals surface area contributed by atoms with E-state index in [2.05, 4.69) is 43.7 Å². The molecule has 1 aliphatic carbocycles. The summed E-state index contributed by atoms with van der Waals surface area (Å²) in [5, 5.41) is 4.06. The van der Waals surface area contributed by atoms with Gasteiger partial charge in [0.05, 0.1) is 16.4 Å². The quantitative estimate of drug-likeness (QED) is 0.801. The van der Waals surface area contributed by atoms with Crippen molar-refractivity contribution in [3.05, 3.63) is 38.7 Å². The molecule has 3 rings (SSSR count). The third-order valence-electron chi connectivity index (χ3n) is 2.97. The number of aryl methyl sites for hydroxylation is 1. The van der Waals surface area contributed by atoms with Crippen molar-refractivity contribution in [1.82, 2.24) is 9.55 Å². The summed E-state index contributed by atoms with van der Waals surface area (Å²) >= 11 is 8.48. The molecular formula is C13H13ClIN3. The highest BCUT2D eigenvalue weighted by molar-refractivity contribution is 14.1. The van der Waals surface area contributed by atoms with E-state index in [-0.39, 0.29) is 0 Å². The highest BCUT2D eigenvalue weighted by Crippen LogP contribution is 2.38. The molecule has 1 aliphatic rings. The van der Waals surface area contributed by atoms with Crippen LogP contribution in [0.4, 0.5) is 11.6 Å². The summed E-state index contributed by atoms with van der Waals surface area (Å²) < 4.78 is 3.37. The monoisotopic (exact) mass is 373 g/mol. The molecule has 0 amide bonds. The summed E-state index contributed by atoms with van der Waals surface area (Å²) in [4.78, 5) is 4.53. The van der Waals surface area contributed by atoms with Crippen LogP contribution in [-0.4, -0.2) is 9.55 Å². The average molecular weight is 374 g/mol. The molecular weight excluding hydrogens is 361 g/mol. The topological polar surface area (TPSA) is 29.9 Å². The molecule has 0 atom stereocenters. The summed E-state index contributed by atoms with van der Waals surface area (Å²) in [5.74, 6) is 0.888. The zero-order chi connectivity index (χ0) is 12.7. The second-order valence-electron chi connectivity index (χ2n) is 4.59. The SMILES string of the molecule is Cc1cn(C2CC2)c(Nc2cc(I)ccc2Cl)n1. The molecule has 1 saturated carbocycles. The minimum Gasteiger partial charge on any atom is -0.324 e. The lowest BCUT2D eigenvalue weighted by atomic mass is 10.3.